The van der Waals surface area contributed by atoms with Crippen LogP contribution in [0.1, 0.15) is 114 Å². The van der Waals surface area contributed by atoms with Gasteiger partial charge in [0.15, 0.2) is 0 Å². The molecule has 1 aliphatic heterocycles. The fourth-order valence-electron chi connectivity index (χ4n) is 6.12. The average Bonchev–Trinajstić information content (AvgIpc) is 3.21. The summed E-state index contributed by atoms with van der Waals surface area (Å²) < 4.78 is 2.05. The highest BCUT2D eigenvalue weighted by Crippen LogP contribution is 2.32. The Morgan fingerprint density at radius 3 is 2.00 bits per heavy atom. The molecule has 0 fully saturated rings. The summed E-state index contributed by atoms with van der Waals surface area (Å²) in [5.41, 5.74) is 4.84. The minimum atomic E-state index is -0.154. The lowest BCUT2D eigenvalue weighted by molar-refractivity contribution is 0.0651. The SMILES string of the molecule is O=C1c2ccccc2C(=O)N1CCCCCCCCCCC(=O)n1c2c(c3ccccc31)CCCCC2. The number of amides is 2. The molecule has 0 bridgehead atoms. The van der Waals surface area contributed by atoms with Gasteiger partial charge in [0.2, 0.25) is 5.91 Å². The topological polar surface area (TPSA) is 59.4 Å². The summed E-state index contributed by atoms with van der Waals surface area (Å²) in [6, 6.07) is 15.5. The number of imide groups is 1. The molecule has 2 aromatic carbocycles. The maximum atomic E-state index is 13.2. The monoisotopic (exact) mass is 498 g/mol. The molecule has 0 radical (unpaired) electrons. The van der Waals surface area contributed by atoms with Gasteiger partial charge in [-0.25, -0.2) is 0 Å². The second-order valence-electron chi connectivity index (χ2n) is 10.6. The maximum absolute atomic E-state index is 13.2. The lowest BCUT2D eigenvalue weighted by Gasteiger charge is -2.13. The van der Waals surface area contributed by atoms with Crippen molar-refractivity contribution in [2.45, 2.75) is 89.9 Å². The lowest BCUT2D eigenvalue weighted by atomic mass is 10.1. The van der Waals surface area contributed by atoms with Crippen molar-refractivity contribution in [2.75, 3.05) is 6.54 Å². The van der Waals surface area contributed by atoms with Crippen LogP contribution in [-0.4, -0.2) is 33.7 Å². The number of carbonyl (C=O) groups is 3. The second-order valence-corrected chi connectivity index (χ2v) is 10.6. The van der Waals surface area contributed by atoms with E-state index in [1.54, 1.807) is 24.3 Å². The molecule has 0 N–H and O–H groups in total. The summed E-state index contributed by atoms with van der Waals surface area (Å²) in [5.74, 6) is -0.0502. The molecule has 194 valence electrons. The van der Waals surface area contributed by atoms with E-state index in [-0.39, 0.29) is 17.7 Å². The van der Waals surface area contributed by atoms with Gasteiger partial charge in [0.25, 0.3) is 11.8 Å². The standard InChI is InChI=1S/C32H38N2O3/c35-30(34-28-20-9-7-8-16-24(28)25-17-13-14-21-29(25)34)22-10-5-3-1-2-4-6-15-23-33-31(36)26-18-11-12-19-27(26)32(33)37/h11-14,17-19,21H,1-10,15-16,20,22-23H2. The zero-order valence-electron chi connectivity index (χ0n) is 21.8. The van der Waals surface area contributed by atoms with E-state index < -0.39 is 0 Å². The molecule has 2 amide bonds. The van der Waals surface area contributed by atoms with Crippen LogP contribution in [0, 0.1) is 0 Å². The number of nitrogens with zero attached hydrogens (tertiary/aromatic N) is 2. The van der Waals surface area contributed by atoms with Crippen molar-refractivity contribution in [1.29, 1.82) is 0 Å². The molecule has 1 aliphatic carbocycles. The van der Waals surface area contributed by atoms with Gasteiger partial charge in [0.1, 0.15) is 0 Å². The molecule has 5 rings (SSSR count). The highest BCUT2D eigenvalue weighted by atomic mass is 16.2. The zero-order valence-corrected chi connectivity index (χ0v) is 21.8. The van der Waals surface area contributed by atoms with E-state index in [1.807, 2.05) is 10.6 Å². The molecule has 0 spiro atoms. The number of carbonyl (C=O) groups excluding carboxylic acids is 3. The first kappa shape index (κ1) is 25.4. The molecule has 1 aromatic heterocycles. The molecule has 0 saturated heterocycles. The minimum Gasteiger partial charge on any atom is -0.284 e. The molecule has 0 unspecified atom stereocenters. The fraction of sp³-hybridized carbons (Fsp3) is 0.469. The van der Waals surface area contributed by atoms with E-state index >= 15 is 0 Å². The number of hydrogen-bond donors (Lipinski definition) is 0. The Morgan fingerprint density at radius 2 is 1.27 bits per heavy atom. The van der Waals surface area contributed by atoms with Gasteiger partial charge in [-0.05, 0) is 62.3 Å². The molecule has 5 heteroatoms. The van der Waals surface area contributed by atoms with E-state index in [1.165, 1.54) is 47.2 Å². The Morgan fingerprint density at radius 1 is 0.676 bits per heavy atom. The number of fused-ring (bicyclic) bond motifs is 4. The third-order valence-corrected chi connectivity index (χ3v) is 8.08. The van der Waals surface area contributed by atoms with Crippen LogP contribution in [0.4, 0.5) is 0 Å². The van der Waals surface area contributed by atoms with E-state index in [4.69, 9.17) is 0 Å². The summed E-state index contributed by atoms with van der Waals surface area (Å²) in [6.07, 6.45) is 14.9. The van der Waals surface area contributed by atoms with Gasteiger partial charge in [-0.3, -0.25) is 23.9 Å². The van der Waals surface area contributed by atoms with Crippen molar-refractivity contribution in [1.82, 2.24) is 9.47 Å². The molecule has 5 nitrogen and oxygen atoms in total. The van der Waals surface area contributed by atoms with Crippen LogP contribution in [0.15, 0.2) is 48.5 Å². The third-order valence-electron chi connectivity index (χ3n) is 8.08. The van der Waals surface area contributed by atoms with Gasteiger partial charge in [0, 0.05) is 24.0 Å². The normalized spacial score (nSPS) is 15.2. The van der Waals surface area contributed by atoms with Crippen LogP contribution in [0.25, 0.3) is 10.9 Å². The number of benzene rings is 2. The quantitative estimate of drug-likeness (QED) is 0.158. The first-order valence-electron chi connectivity index (χ1n) is 14.3. The second kappa shape index (κ2) is 11.9. The summed E-state index contributed by atoms with van der Waals surface area (Å²) in [5, 5.41) is 1.27. The Bertz CT molecular complexity index is 1250. The number of hydrogen-bond acceptors (Lipinski definition) is 3. The number of aromatic nitrogens is 1. The van der Waals surface area contributed by atoms with E-state index in [0.29, 0.717) is 24.1 Å². The molecule has 37 heavy (non-hydrogen) atoms. The summed E-state index contributed by atoms with van der Waals surface area (Å²) in [4.78, 5) is 39.5. The lowest BCUT2D eigenvalue weighted by Crippen LogP contribution is -2.30. The van der Waals surface area contributed by atoms with E-state index in [0.717, 1.165) is 63.3 Å². The Hall–Kier alpha value is -3.21. The van der Waals surface area contributed by atoms with Crippen LogP contribution < -0.4 is 0 Å². The molecular formula is C32H38N2O3. The number of para-hydroxylation sites is 1. The van der Waals surface area contributed by atoms with Gasteiger partial charge in [-0.2, -0.15) is 0 Å². The van der Waals surface area contributed by atoms with Gasteiger partial charge in [-0.15, -0.1) is 0 Å². The summed E-state index contributed by atoms with van der Waals surface area (Å²) in [7, 11) is 0. The van der Waals surface area contributed by atoms with Gasteiger partial charge in [-0.1, -0.05) is 75.3 Å². The van der Waals surface area contributed by atoms with Gasteiger partial charge >= 0.3 is 0 Å². The Labute approximate surface area is 219 Å². The largest absolute Gasteiger partial charge is 0.284 e. The first-order chi connectivity index (χ1) is 18.2. The molecule has 0 saturated carbocycles. The zero-order chi connectivity index (χ0) is 25.6. The van der Waals surface area contributed by atoms with Crippen LogP contribution >= 0.6 is 0 Å². The van der Waals surface area contributed by atoms with Crippen molar-refractivity contribution in [3.63, 3.8) is 0 Å². The number of unbranched alkanes of at least 4 members (excludes halogenated alkanes) is 7. The van der Waals surface area contributed by atoms with Crippen molar-refractivity contribution in [3.8, 4) is 0 Å². The molecule has 2 aliphatic rings. The molecule has 0 atom stereocenters. The maximum Gasteiger partial charge on any atom is 0.261 e. The third kappa shape index (κ3) is 5.41. The Kier molecular flexibility index (Phi) is 8.18. The predicted octanol–water partition coefficient (Wildman–Crippen LogP) is 7.36. The van der Waals surface area contributed by atoms with E-state index in [2.05, 4.69) is 18.2 Å². The van der Waals surface area contributed by atoms with Crippen molar-refractivity contribution in [3.05, 3.63) is 70.9 Å². The Balaban J connectivity index is 0.989. The van der Waals surface area contributed by atoms with Gasteiger partial charge in [0.05, 0.1) is 16.6 Å². The minimum absolute atomic E-state index is 0.154. The summed E-state index contributed by atoms with van der Waals surface area (Å²) >= 11 is 0. The first-order valence-corrected chi connectivity index (χ1v) is 14.3. The molecule has 2 heterocycles. The number of aryl methyl sites for hydroxylation is 1. The van der Waals surface area contributed by atoms with Crippen LogP contribution in [0.3, 0.4) is 0 Å². The van der Waals surface area contributed by atoms with Crippen molar-refractivity contribution >= 4 is 28.6 Å². The number of rotatable bonds is 11. The smallest absolute Gasteiger partial charge is 0.261 e. The van der Waals surface area contributed by atoms with Gasteiger partial charge < -0.3 is 0 Å². The molecular weight excluding hydrogens is 460 g/mol. The fourth-order valence-corrected chi connectivity index (χ4v) is 6.12. The van der Waals surface area contributed by atoms with Crippen LogP contribution in [-0.2, 0) is 12.8 Å². The van der Waals surface area contributed by atoms with Crippen molar-refractivity contribution in [2.24, 2.45) is 0 Å². The van der Waals surface area contributed by atoms with E-state index in [9.17, 15) is 14.4 Å². The van der Waals surface area contributed by atoms with Crippen molar-refractivity contribution < 1.29 is 14.4 Å². The van der Waals surface area contributed by atoms with Crippen LogP contribution in [0.5, 0.6) is 0 Å². The molecule has 3 aromatic rings. The predicted molar refractivity (Wildman–Crippen MR) is 147 cm³/mol. The highest BCUT2D eigenvalue weighted by molar-refractivity contribution is 6.21. The average molecular weight is 499 g/mol. The summed E-state index contributed by atoms with van der Waals surface area (Å²) in [6.45, 7) is 0.506. The highest BCUT2D eigenvalue weighted by Gasteiger charge is 2.34. The van der Waals surface area contributed by atoms with Crippen LogP contribution in [0.2, 0.25) is 0 Å².